The van der Waals surface area contributed by atoms with Crippen molar-refractivity contribution in [1.29, 1.82) is 0 Å². The molecular weight excluding hydrogens is 254 g/mol. The molecule has 1 aliphatic heterocycles. The van der Waals surface area contributed by atoms with Crippen molar-refractivity contribution >= 4 is 5.91 Å². The summed E-state index contributed by atoms with van der Waals surface area (Å²) in [5.41, 5.74) is 2.64. The number of H-pyrrole nitrogens is 1. The van der Waals surface area contributed by atoms with Gasteiger partial charge in [-0.05, 0) is 26.3 Å². The Kier molecular flexibility index (Phi) is 3.30. The van der Waals surface area contributed by atoms with Gasteiger partial charge in [0.25, 0.3) is 5.91 Å². The van der Waals surface area contributed by atoms with Gasteiger partial charge in [-0.15, -0.1) is 0 Å². The minimum atomic E-state index is 0.0872. The Balaban J connectivity index is 1.74. The molecule has 2 aromatic rings. The number of carbonyl (C=O) groups is 1. The van der Waals surface area contributed by atoms with E-state index >= 15 is 0 Å². The SMILES string of the molecule is CCn1cc(C(=O)N2CC[C@H](c3ccn[nH]3)C2)c(C)n1. The highest BCUT2D eigenvalue weighted by atomic mass is 16.2. The summed E-state index contributed by atoms with van der Waals surface area (Å²) >= 11 is 0. The van der Waals surface area contributed by atoms with Gasteiger partial charge in [-0.1, -0.05) is 0 Å². The molecule has 3 rings (SSSR count). The molecule has 0 aromatic carbocycles. The van der Waals surface area contributed by atoms with Gasteiger partial charge in [-0.2, -0.15) is 10.2 Å². The fraction of sp³-hybridized carbons (Fsp3) is 0.500. The number of aromatic amines is 1. The lowest BCUT2D eigenvalue weighted by Gasteiger charge is -2.15. The minimum Gasteiger partial charge on any atom is -0.338 e. The third-order valence-electron chi connectivity index (χ3n) is 3.94. The van der Waals surface area contributed by atoms with Crippen molar-refractivity contribution in [2.75, 3.05) is 13.1 Å². The van der Waals surface area contributed by atoms with E-state index in [2.05, 4.69) is 15.3 Å². The van der Waals surface area contributed by atoms with Gasteiger partial charge >= 0.3 is 0 Å². The first kappa shape index (κ1) is 12.9. The Labute approximate surface area is 117 Å². The third-order valence-corrected chi connectivity index (χ3v) is 3.94. The summed E-state index contributed by atoms with van der Waals surface area (Å²) in [5.74, 6) is 0.451. The van der Waals surface area contributed by atoms with E-state index in [-0.39, 0.29) is 5.91 Å². The molecule has 106 valence electrons. The summed E-state index contributed by atoms with van der Waals surface area (Å²) in [5, 5.41) is 11.3. The van der Waals surface area contributed by atoms with Crippen LogP contribution in [-0.4, -0.2) is 43.9 Å². The van der Waals surface area contributed by atoms with Crippen LogP contribution in [0.1, 0.15) is 41.0 Å². The minimum absolute atomic E-state index is 0.0872. The number of aryl methyl sites for hydroxylation is 2. The number of hydrogen-bond donors (Lipinski definition) is 1. The standard InChI is InChI=1S/C14H19N5O/c1-3-19-9-12(10(2)17-19)14(20)18-7-5-11(8-18)13-4-6-15-16-13/h4,6,9,11H,3,5,7-8H2,1-2H3,(H,15,16)/t11-/m0/s1. The number of amides is 1. The molecule has 0 aliphatic carbocycles. The van der Waals surface area contributed by atoms with Crippen molar-refractivity contribution < 1.29 is 4.79 Å². The quantitative estimate of drug-likeness (QED) is 0.923. The number of aromatic nitrogens is 4. The maximum Gasteiger partial charge on any atom is 0.257 e. The zero-order valence-corrected chi connectivity index (χ0v) is 11.8. The summed E-state index contributed by atoms with van der Waals surface area (Å²) in [6, 6.07) is 1.99. The van der Waals surface area contributed by atoms with Crippen LogP contribution in [0.2, 0.25) is 0 Å². The van der Waals surface area contributed by atoms with E-state index in [1.807, 2.05) is 35.7 Å². The Morgan fingerprint density at radius 2 is 2.40 bits per heavy atom. The van der Waals surface area contributed by atoms with E-state index < -0.39 is 0 Å². The highest BCUT2D eigenvalue weighted by molar-refractivity contribution is 5.95. The van der Waals surface area contributed by atoms with E-state index in [0.717, 1.165) is 43.0 Å². The summed E-state index contributed by atoms with van der Waals surface area (Å²) in [4.78, 5) is 14.5. The van der Waals surface area contributed by atoms with Gasteiger partial charge in [-0.25, -0.2) is 0 Å². The van der Waals surface area contributed by atoms with Gasteiger partial charge in [0, 0.05) is 43.6 Å². The molecule has 1 saturated heterocycles. The molecule has 6 heteroatoms. The van der Waals surface area contributed by atoms with Crippen molar-refractivity contribution in [1.82, 2.24) is 24.9 Å². The van der Waals surface area contributed by atoms with Crippen molar-refractivity contribution in [3.63, 3.8) is 0 Å². The van der Waals surface area contributed by atoms with Gasteiger partial charge < -0.3 is 4.90 Å². The highest BCUT2D eigenvalue weighted by Crippen LogP contribution is 2.26. The lowest BCUT2D eigenvalue weighted by atomic mass is 10.1. The largest absolute Gasteiger partial charge is 0.338 e. The lowest BCUT2D eigenvalue weighted by molar-refractivity contribution is 0.0790. The first-order valence-corrected chi connectivity index (χ1v) is 7.01. The first-order valence-electron chi connectivity index (χ1n) is 7.01. The second-order valence-corrected chi connectivity index (χ2v) is 5.23. The second-order valence-electron chi connectivity index (χ2n) is 5.23. The second kappa shape index (κ2) is 5.11. The molecule has 0 spiro atoms. The average molecular weight is 273 g/mol. The van der Waals surface area contributed by atoms with Crippen LogP contribution in [-0.2, 0) is 6.54 Å². The van der Waals surface area contributed by atoms with Gasteiger partial charge in [0.15, 0.2) is 0 Å². The molecule has 2 aromatic heterocycles. The summed E-state index contributed by atoms with van der Waals surface area (Å²) in [6.07, 6.45) is 4.59. The zero-order valence-electron chi connectivity index (χ0n) is 11.8. The molecule has 0 radical (unpaired) electrons. The normalized spacial score (nSPS) is 18.7. The summed E-state index contributed by atoms with van der Waals surface area (Å²) in [7, 11) is 0. The molecule has 1 fully saturated rings. The first-order chi connectivity index (χ1) is 9.69. The predicted molar refractivity (Wildman–Crippen MR) is 74.5 cm³/mol. The smallest absolute Gasteiger partial charge is 0.257 e. The van der Waals surface area contributed by atoms with Crippen LogP contribution in [0.3, 0.4) is 0 Å². The Morgan fingerprint density at radius 1 is 1.55 bits per heavy atom. The van der Waals surface area contributed by atoms with Crippen molar-refractivity contribution in [3.8, 4) is 0 Å². The van der Waals surface area contributed by atoms with Crippen LogP contribution in [0, 0.1) is 6.92 Å². The summed E-state index contributed by atoms with van der Waals surface area (Å²) < 4.78 is 1.81. The monoisotopic (exact) mass is 273 g/mol. The average Bonchev–Trinajstić information content (AvgIpc) is 3.17. The van der Waals surface area contributed by atoms with Crippen molar-refractivity contribution in [2.24, 2.45) is 0 Å². The molecule has 20 heavy (non-hydrogen) atoms. The number of carbonyl (C=O) groups excluding carboxylic acids is 1. The zero-order chi connectivity index (χ0) is 14.1. The van der Waals surface area contributed by atoms with Crippen LogP contribution < -0.4 is 0 Å². The molecule has 1 N–H and O–H groups in total. The van der Waals surface area contributed by atoms with Gasteiger partial charge in [0.2, 0.25) is 0 Å². The van der Waals surface area contributed by atoms with Crippen LogP contribution in [0.25, 0.3) is 0 Å². The van der Waals surface area contributed by atoms with E-state index in [9.17, 15) is 4.79 Å². The van der Waals surface area contributed by atoms with E-state index in [1.165, 1.54) is 0 Å². The summed E-state index contributed by atoms with van der Waals surface area (Å²) in [6.45, 7) is 6.23. The van der Waals surface area contributed by atoms with Crippen molar-refractivity contribution in [3.05, 3.63) is 35.4 Å². The van der Waals surface area contributed by atoms with Crippen molar-refractivity contribution in [2.45, 2.75) is 32.7 Å². The molecular formula is C14H19N5O. The molecule has 3 heterocycles. The Bertz CT molecular complexity index is 601. The third kappa shape index (κ3) is 2.21. The van der Waals surface area contributed by atoms with Crippen LogP contribution in [0.4, 0.5) is 0 Å². The molecule has 6 nitrogen and oxygen atoms in total. The van der Waals surface area contributed by atoms with Crippen LogP contribution in [0.15, 0.2) is 18.5 Å². The number of nitrogens with zero attached hydrogens (tertiary/aromatic N) is 4. The molecule has 0 bridgehead atoms. The number of rotatable bonds is 3. The Hall–Kier alpha value is -2.11. The van der Waals surface area contributed by atoms with Crippen LogP contribution in [0.5, 0.6) is 0 Å². The lowest BCUT2D eigenvalue weighted by Crippen LogP contribution is -2.28. The fourth-order valence-electron chi connectivity index (χ4n) is 2.75. The van der Waals surface area contributed by atoms with Gasteiger partial charge in [0.05, 0.1) is 11.3 Å². The topological polar surface area (TPSA) is 66.8 Å². The molecule has 1 amide bonds. The van der Waals surface area contributed by atoms with E-state index in [0.29, 0.717) is 5.92 Å². The fourth-order valence-corrected chi connectivity index (χ4v) is 2.75. The Morgan fingerprint density at radius 3 is 3.05 bits per heavy atom. The number of nitrogens with one attached hydrogen (secondary N) is 1. The number of likely N-dealkylation sites (tertiary alicyclic amines) is 1. The number of hydrogen-bond acceptors (Lipinski definition) is 3. The van der Waals surface area contributed by atoms with Gasteiger partial charge in [0.1, 0.15) is 0 Å². The highest BCUT2D eigenvalue weighted by Gasteiger charge is 2.30. The molecule has 1 atom stereocenters. The molecule has 1 aliphatic rings. The van der Waals surface area contributed by atoms with Gasteiger partial charge in [-0.3, -0.25) is 14.6 Å². The van der Waals surface area contributed by atoms with E-state index in [4.69, 9.17) is 0 Å². The molecule has 0 saturated carbocycles. The molecule has 0 unspecified atom stereocenters. The predicted octanol–water partition coefficient (Wildman–Crippen LogP) is 1.56. The maximum atomic E-state index is 12.6. The van der Waals surface area contributed by atoms with Crippen LogP contribution >= 0.6 is 0 Å². The maximum absolute atomic E-state index is 12.6. The van der Waals surface area contributed by atoms with E-state index in [1.54, 1.807) is 6.20 Å².